The number of nitrogens with zero attached hydrogens (tertiary/aromatic N) is 2. The van der Waals surface area contributed by atoms with Gasteiger partial charge in [-0.15, -0.1) is 0 Å². The van der Waals surface area contributed by atoms with Gasteiger partial charge in [-0.1, -0.05) is 121 Å². The normalized spacial score (nSPS) is 24.6. The van der Waals surface area contributed by atoms with Crippen LogP contribution < -0.4 is 10.2 Å². The standard InChI is InChI=1S/C34H27N3O3S2/c1-22-17-18-27-26(19-22)33(30(38)36(27)20-23-11-5-2-6-12-23)28(25-15-9-4-10-16-25)34(29(41)35-33)31(39)37(32(40)42-34)21-24-13-7-3-8-14-24/h2-19,28H,20-21H2,1H3,(H,35,41)/t28-,33+,34-/m1/s1. The highest BCUT2D eigenvalue weighted by Crippen LogP contribution is 2.62. The van der Waals surface area contributed by atoms with Crippen LogP contribution in [0, 0.1) is 6.92 Å². The summed E-state index contributed by atoms with van der Waals surface area (Å²) in [6.45, 7) is 2.48. The number of fused-ring (bicyclic) bond motifs is 2. The third-order valence-electron chi connectivity index (χ3n) is 8.47. The average molecular weight is 590 g/mol. The number of hydrogen-bond donors (Lipinski definition) is 1. The molecule has 4 aromatic carbocycles. The molecule has 0 aromatic heterocycles. The Morgan fingerprint density at radius 3 is 1.95 bits per heavy atom. The van der Waals surface area contributed by atoms with Gasteiger partial charge in [0.15, 0.2) is 10.3 Å². The summed E-state index contributed by atoms with van der Waals surface area (Å²) >= 11 is 6.94. The minimum absolute atomic E-state index is 0.133. The summed E-state index contributed by atoms with van der Waals surface area (Å²) in [5, 5.41) is 3.04. The predicted octanol–water partition coefficient (Wildman–Crippen LogP) is 6.09. The number of imide groups is 1. The van der Waals surface area contributed by atoms with E-state index in [-0.39, 0.29) is 22.7 Å². The highest BCUT2D eigenvalue weighted by atomic mass is 32.2. The van der Waals surface area contributed by atoms with Crippen molar-refractivity contribution in [3.63, 3.8) is 0 Å². The fourth-order valence-electron chi connectivity index (χ4n) is 6.62. The first-order chi connectivity index (χ1) is 20.4. The molecular weight excluding hydrogens is 563 g/mol. The van der Waals surface area contributed by atoms with Crippen LogP contribution in [0.15, 0.2) is 109 Å². The molecule has 2 saturated heterocycles. The number of carbonyl (C=O) groups is 3. The second-order valence-corrected chi connectivity index (χ2v) is 12.6. The van der Waals surface area contributed by atoms with E-state index < -0.39 is 22.1 Å². The van der Waals surface area contributed by atoms with Crippen molar-refractivity contribution in [2.45, 2.75) is 36.2 Å². The van der Waals surface area contributed by atoms with E-state index in [1.807, 2.05) is 116 Å². The molecule has 42 heavy (non-hydrogen) atoms. The molecular formula is C34H27N3O3S2. The Labute approximate surface area is 253 Å². The number of benzene rings is 4. The zero-order valence-electron chi connectivity index (χ0n) is 22.8. The molecule has 8 heteroatoms. The topological polar surface area (TPSA) is 69.7 Å². The van der Waals surface area contributed by atoms with Crippen molar-refractivity contribution in [2.75, 3.05) is 4.90 Å². The van der Waals surface area contributed by atoms with Crippen molar-refractivity contribution in [1.82, 2.24) is 10.2 Å². The molecule has 3 aliphatic rings. The van der Waals surface area contributed by atoms with Crippen LogP contribution in [0.3, 0.4) is 0 Å². The first kappa shape index (κ1) is 26.6. The summed E-state index contributed by atoms with van der Waals surface area (Å²) in [5.41, 5.74) is 3.73. The lowest BCUT2D eigenvalue weighted by molar-refractivity contribution is -0.129. The van der Waals surface area contributed by atoms with Gasteiger partial charge in [0.1, 0.15) is 4.99 Å². The Kier molecular flexibility index (Phi) is 6.29. The van der Waals surface area contributed by atoms with Crippen LogP contribution in [0.25, 0.3) is 0 Å². The summed E-state index contributed by atoms with van der Waals surface area (Å²) in [7, 11) is 0. The van der Waals surface area contributed by atoms with E-state index in [0.717, 1.165) is 45.3 Å². The fourth-order valence-corrected chi connectivity index (χ4v) is 8.42. The maximum atomic E-state index is 14.9. The Bertz CT molecular complexity index is 1750. The molecule has 0 aliphatic carbocycles. The van der Waals surface area contributed by atoms with Crippen molar-refractivity contribution in [3.8, 4) is 0 Å². The van der Waals surface area contributed by atoms with Crippen LogP contribution in [0.2, 0.25) is 0 Å². The molecule has 3 heterocycles. The van der Waals surface area contributed by atoms with Gasteiger partial charge in [-0.25, -0.2) is 0 Å². The predicted molar refractivity (Wildman–Crippen MR) is 168 cm³/mol. The van der Waals surface area contributed by atoms with Crippen molar-refractivity contribution >= 4 is 51.7 Å². The number of thiocarbonyl (C=S) groups is 1. The van der Waals surface area contributed by atoms with Gasteiger partial charge < -0.3 is 10.2 Å². The summed E-state index contributed by atoms with van der Waals surface area (Å²) in [5.74, 6) is -1.36. The Hall–Kier alpha value is -4.27. The van der Waals surface area contributed by atoms with E-state index in [1.54, 1.807) is 4.90 Å². The summed E-state index contributed by atoms with van der Waals surface area (Å²) in [6.07, 6.45) is 0. The lowest BCUT2D eigenvalue weighted by Gasteiger charge is -2.35. The first-order valence-corrected chi connectivity index (χ1v) is 15.0. The molecule has 3 amide bonds. The van der Waals surface area contributed by atoms with Gasteiger partial charge in [0.2, 0.25) is 0 Å². The van der Waals surface area contributed by atoms with Crippen LogP contribution in [0.1, 0.15) is 33.7 Å². The smallest absolute Gasteiger partial charge is 0.290 e. The van der Waals surface area contributed by atoms with E-state index in [1.165, 1.54) is 4.90 Å². The number of aryl methyl sites for hydroxylation is 1. The highest BCUT2D eigenvalue weighted by molar-refractivity contribution is 8.17. The largest absolute Gasteiger partial charge is 0.360 e. The molecule has 2 fully saturated rings. The van der Waals surface area contributed by atoms with Crippen molar-refractivity contribution in [1.29, 1.82) is 0 Å². The zero-order chi connectivity index (χ0) is 29.1. The Morgan fingerprint density at radius 1 is 0.762 bits per heavy atom. The summed E-state index contributed by atoms with van der Waals surface area (Å²) in [6, 6.07) is 34.8. The molecule has 1 N–H and O–H groups in total. The van der Waals surface area contributed by atoms with Crippen LogP contribution in [0.4, 0.5) is 10.5 Å². The summed E-state index contributed by atoms with van der Waals surface area (Å²) < 4.78 is -1.48. The average Bonchev–Trinajstić information content (AvgIpc) is 3.51. The molecule has 2 spiro atoms. The van der Waals surface area contributed by atoms with Crippen molar-refractivity contribution < 1.29 is 14.4 Å². The van der Waals surface area contributed by atoms with E-state index in [2.05, 4.69) is 5.32 Å². The molecule has 3 aliphatic heterocycles. The van der Waals surface area contributed by atoms with Gasteiger partial charge in [0, 0.05) is 5.56 Å². The highest BCUT2D eigenvalue weighted by Gasteiger charge is 2.75. The van der Waals surface area contributed by atoms with Crippen LogP contribution >= 0.6 is 24.0 Å². The quantitative estimate of drug-likeness (QED) is 0.285. The van der Waals surface area contributed by atoms with Gasteiger partial charge in [-0.3, -0.25) is 19.3 Å². The van der Waals surface area contributed by atoms with Gasteiger partial charge in [-0.05, 0) is 41.4 Å². The van der Waals surface area contributed by atoms with Crippen molar-refractivity contribution in [2.24, 2.45) is 0 Å². The fraction of sp³-hybridized carbons (Fsp3) is 0.176. The Balaban J connectivity index is 1.41. The molecule has 0 radical (unpaired) electrons. The molecule has 3 atom stereocenters. The van der Waals surface area contributed by atoms with E-state index >= 15 is 0 Å². The van der Waals surface area contributed by atoms with Gasteiger partial charge in [0.25, 0.3) is 17.1 Å². The van der Waals surface area contributed by atoms with E-state index in [9.17, 15) is 14.4 Å². The van der Waals surface area contributed by atoms with Gasteiger partial charge in [-0.2, -0.15) is 0 Å². The SMILES string of the molecule is Cc1ccc2c(c1)[C@@]1(NC(=S)[C@]3(SC(=O)N(Cc4ccccc4)C3=O)[C@@H]1c1ccccc1)C(=O)N2Cc1ccccc1. The van der Waals surface area contributed by atoms with Gasteiger partial charge >= 0.3 is 0 Å². The first-order valence-electron chi connectivity index (χ1n) is 13.8. The number of anilines is 1. The number of amides is 3. The molecule has 0 bridgehead atoms. The molecule has 208 valence electrons. The minimum Gasteiger partial charge on any atom is -0.360 e. The minimum atomic E-state index is -1.48. The molecule has 0 saturated carbocycles. The third-order valence-corrected chi connectivity index (χ3v) is 10.4. The number of nitrogens with one attached hydrogen (secondary N) is 1. The second kappa shape index (κ2) is 9.93. The number of hydrogen-bond acceptors (Lipinski definition) is 5. The maximum absolute atomic E-state index is 14.9. The third kappa shape index (κ3) is 3.78. The van der Waals surface area contributed by atoms with Crippen LogP contribution in [-0.2, 0) is 28.2 Å². The number of carbonyl (C=O) groups excluding carboxylic acids is 3. The number of rotatable bonds is 5. The number of thioether (sulfide) groups is 1. The Morgan fingerprint density at radius 2 is 1.33 bits per heavy atom. The van der Waals surface area contributed by atoms with Crippen LogP contribution in [0.5, 0.6) is 0 Å². The monoisotopic (exact) mass is 589 g/mol. The lowest BCUT2D eigenvalue weighted by Crippen LogP contribution is -2.52. The van der Waals surface area contributed by atoms with Gasteiger partial charge in [0.05, 0.1) is 24.7 Å². The van der Waals surface area contributed by atoms with Crippen molar-refractivity contribution in [3.05, 3.63) is 137 Å². The molecule has 7 rings (SSSR count). The lowest BCUT2D eigenvalue weighted by atomic mass is 9.71. The molecule has 4 aromatic rings. The maximum Gasteiger partial charge on any atom is 0.290 e. The van der Waals surface area contributed by atoms with Crippen LogP contribution in [-0.4, -0.2) is 31.7 Å². The zero-order valence-corrected chi connectivity index (χ0v) is 24.5. The van der Waals surface area contributed by atoms with E-state index in [0.29, 0.717) is 6.54 Å². The second-order valence-electron chi connectivity index (χ2n) is 11.0. The molecule has 0 unspecified atom stereocenters. The van der Waals surface area contributed by atoms with E-state index in [4.69, 9.17) is 12.2 Å². The molecule has 6 nitrogen and oxygen atoms in total. The summed E-state index contributed by atoms with van der Waals surface area (Å²) in [4.78, 5) is 46.4.